The van der Waals surface area contributed by atoms with Gasteiger partial charge in [-0.05, 0) is 51.5 Å². The van der Waals surface area contributed by atoms with Gasteiger partial charge < -0.3 is 20.3 Å². The number of hydrogen-bond donors (Lipinski definition) is 2. The van der Waals surface area contributed by atoms with Gasteiger partial charge in [-0.1, -0.05) is 12.8 Å². The number of halogens is 2. The highest BCUT2D eigenvalue weighted by Gasteiger charge is 2.38. The highest BCUT2D eigenvalue weighted by Crippen LogP contribution is 2.39. The fraction of sp³-hybridized carbons (Fsp3) is 0.593. The summed E-state index contributed by atoms with van der Waals surface area (Å²) in [5.74, 6) is -1.10. The molecule has 12 heteroatoms. The average molecular weight is 562 g/mol. The van der Waals surface area contributed by atoms with E-state index in [9.17, 15) is 23.2 Å². The van der Waals surface area contributed by atoms with Crippen LogP contribution in [0.1, 0.15) is 90.6 Å². The van der Waals surface area contributed by atoms with Gasteiger partial charge in [0.05, 0.1) is 17.9 Å². The molecule has 39 heavy (non-hydrogen) atoms. The van der Waals surface area contributed by atoms with E-state index in [1.165, 1.54) is 19.4 Å². The van der Waals surface area contributed by atoms with Crippen molar-refractivity contribution in [2.24, 2.45) is 5.92 Å². The van der Waals surface area contributed by atoms with Crippen LogP contribution in [0.15, 0.2) is 12.3 Å². The Morgan fingerprint density at radius 1 is 1.13 bits per heavy atom. The summed E-state index contributed by atoms with van der Waals surface area (Å²) in [6, 6.07) is 1.30. The lowest BCUT2D eigenvalue weighted by Gasteiger charge is -2.33. The predicted octanol–water partition coefficient (Wildman–Crippen LogP) is 4.80. The third-order valence-corrected chi connectivity index (χ3v) is 9.06. The molecule has 0 unspecified atom stereocenters. The first kappa shape index (κ1) is 27.4. The molecule has 0 radical (unpaired) electrons. The molecule has 1 atom stereocenters. The topological polar surface area (TPSA) is 114 Å². The van der Waals surface area contributed by atoms with Crippen molar-refractivity contribution in [3.8, 4) is 10.4 Å². The lowest BCUT2D eigenvalue weighted by Crippen LogP contribution is -2.47. The smallest absolute Gasteiger partial charge is 0.308 e. The molecule has 9 nitrogen and oxygen atoms in total. The van der Waals surface area contributed by atoms with Crippen LogP contribution in [0.2, 0.25) is 0 Å². The largest absolute Gasteiger partial charge is 0.469 e. The van der Waals surface area contributed by atoms with Gasteiger partial charge in [-0.3, -0.25) is 14.4 Å². The number of esters is 1. The lowest BCUT2D eigenvalue weighted by atomic mass is 9.80. The number of carbonyl (C=O) groups excluding carboxylic acids is 3. The molecule has 210 valence electrons. The third kappa shape index (κ3) is 5.75. The molecular formula is C27H33F2N5O4S. The van der Waals surface area contributed by atoms with E-state index in [-0.39, 0.29) is 62.6 Å². The number of amides is 2. The van der Waals surface area contributed by atoms with Crippen LogP contribution in [0.25, 0.3) is 10.4 Å². The molecule has 2 aliphatic carbocycles. The second kappa shape index (κ2) is 11.5. The Morgan fingerprint density at radius 3 is 2.51 bits per heavy atom. The number of thiazole rings is 1. The fourth-order valence-electron chi connectivity index (χ4n) is 5.66. The van der Waals surface area contributed by atoms with Gasteiger partial charge in [0.25, 0.3) is 18.2 Å². The number of rotatable bonds is 8. The molecule has 5 rings (SSSR count). The van der Waals surface area contributed by atoms with Gasteiger partial charge in [-0.2, -0.15) is 0 Å². The number of anilines is 1. The Labute approximate surface area is 229 Å². The first-order chi connectivity index (χ1) is 18.7. The van der Waals surface area contributed by atoms with Crippen molar-refractivity contribution < 1.29 is 27.9 Å². The van der Waals surface area contributed by atoms with Crippen LogP contribution in [0.4, 0.5) is 14.6 Å². The molecule has 0 spiro atoms. The Bertz CT molecular complexity index is 1240. The Kier molecular flexibility index (Phi) is 8.11. The number of methoxy groups -OCH3 is 1. The minimum atomic E-state index is -2.81. The quantitative estimate of drug-likeness (QED) is 0.445. The maximum absolute atomic E-state index is 14.3. The predicted molar refractivity (Wildman–Crippen MR) is 142 cm³/mol. The molecule has 2 amide bonds. The number of hydrogen-bond acceptors (Lipinski definition) is 8. The number of aromatic nitrogens is 2. The molecule has 3 aliphatic rings. The summed E-state index contributed by atoms with van der Waals surface area (Å²) in [5.41, 5.74) is -0.173. The molecule has 0 aromatic carbocycles. The van der Waals surface area contributed by atoms with E-state index in [1.807, 2.05) is 6.92 Å². The maximum Gasteiger partial charge on any atom is 0.308 e. The molecule has 3 heterocycles. The third-order valence-electron chi connectivity index (χ3n) is 7.97. The van der Waals surface area contributed by atoms with Crippen molar-refractivity contribution in [2.75, 3.05) is 19.0 Å². The van der Waals surface area contributed by atoms with Crippen LogP contribution in [0.5, 0.6) is 0 Å². The summed E-state index contributed by atoms with van der Waals surface area (Å²) in [5, 5.41) is 6.10. The highest BCUT2D eigenvalue weighted by molar-refractivity contribution is 7.17. The van der Waals surface area contributed by atoms with Crippen LogP contribution >= 0.6 is 11.3 Å². The molecule has 2 N–H and O–H groups in total. The Hall–Kier alpha value is -3.15. The minimum Gasteiger partial charge on any atom is -0.469 e. The van der Waals surface area contributed by atoms with Crippen molar-refractivity contribution in [2.45, 2.75) is 82.8 Å². The van der Waals surface area contributed by atoms with Gasteiger partial charge in [0, 0.05) is 42.0 Å². The zero-order valence-corrected chi connectivity index (χ0v) is 22.9. The molecule has 2 aromatic heterocycles. The number of carbonyl (C=O) groups is 3. The number of alkyl halides is 2. The van der Waals surface area contributed by atoms with Gasteiger partial charge in [0.15, 0.2) is 5.01 Å². The second-order valence-corrected chi connectivity index (χ2v) is 11.6. The van der Waals surface area contributed by atoms with E-state index < -0.39 is 12.3 Å². The van der Waals surface area contributed by atoms with Gasteiger partial charge in [0.2, 0.25) is 0 Å². The summed E-state index contributed by atoms with van der Waals surface area (Å²) in [7, 11) is 1.32. The number of ether oxygens (including phenoxy) is 1. The molecule has 1 aliphatic heterocycles. The lowest BCUT2D eigenvalue weighted by molar-refractivity contribution is -0.149. The Balaban J connectivity index is 1.45. The molecule has 0 bridgehead atoms. The van der Waals surface area contributed by atoms with Crippen LogP contribution in [0, 0.1) is 5.92 Å². The van der Waals surface area contributed by atoms with E-state index in [0.717, 1.165) is 49.9 Å². The van der Waals surface area contributed by atoms with Crippen LogP contribution in [-0.2, 0) is 9.53 Å². The zero-order chi connectivity index (χ0) is 27.7. The average Bonchev–Trinajstić information content (AvgIpc) is 3.66. The van der Waals surface area contributed by atoms with E-state index in [0.29, 0.717) is 25.2 Å². The van der Waals surface area contributed by atoms with Crippen molar-refractivity contribution in [3.63, 3.8) is 0 Å². The molecule has 2 saturated carbocycles. The first-order valence-electron chi connectivity index (χ1n) is 13.5. The summed E-state index contributed by atoms with van der Waals surface area (Å²) < 4.78 is 33.4. The fourth-order valence-corrected chi connectivity index (χ4v) is 6.65. The number of nitrogens with zero attached hydrogens (tertiary/aromatic N) is 3. The molecular weight excluding hydrogens is 528 g/mol. The summed E-state index contributed by atoms with van der Waals surface area (Å²) in [6.07, 6.45) is 5.23. The van der Waals surface area contributed by atoms with E-state index in [2.05, 4.69) is 20.6 Å². The van der Waals surface area contributed by atoms with Crippen molar-refractivity contribution in [1.82, 2.24) is 20.2 Å². The number of nitrogens with one attached hydrogen (secondary N) is 2. The summed E-state index contributed by atoms with van der Waals surface area (Å²) >= 11 is 0.912. The van der Waals surface area contributed by atoms with E-state index >= 15 is 0 Å². The SMILES string of the molecule is COC(=O)[C@H]1C[C@H](NC(=O)c2nc(C(=O)N3CCC[C@@H]3C)c(-c3cnc(NC4CCCC4)cc3C(F)F)s2)C1. The number of likely N-dealkylation sites (tertiary alicyclic amines) is 1. The Morgan fingerprint density at radius 2 is 1.87 bits per heavy atom. The van der Waals surface area contributed by atoms with Crippen molar-refractivity contribution in [1.29, 1.82) is 0 Å². The second-order valence-electron chi connectivity index (χ2n) is 10.6. The van der Waals surface area contributed by atoms with Gasteiger partial charge in [0.1, 0.15) is 11.5 Å². The molecule has 2 aromatic rings. The maximum atomic E-state index is 14.3. The highest BCUT2D eigenvalue weighted by atomic mass is 32.1. The monoisotopic (exact) mass is 561 g/mol. The van der Waals surface area contributed by atoms with Crippen molar-refractivity contribution >= 4 is 34.9 Å². The van der Waals surface area contributed by atoms with E-state index in [4.69, 9.17) is 4.74 Å². The van der Waals surface area contributed by atoms with Crippen molar-refractivity contribution in [3.05, 3.63) is 28.5 Å². The van der Waals surface area contributed by atoms with E-state index in [1.54, 1.807) is 4.90 Å². The number of pyridine rings is 1. The normalized spacial score (nSPS) is 23.1. The summed E-state index contributed by atoms with van der Waals surface area (Å²) in [4.78, 5) is 49.0. The minimum absolute atomic E-state index is 0.00934. The van der Waals surface area contributed by atoms with Gasteiger partial charge >= 0.3 is 5.97 Å². The van der Waals surface area contributed by atoms with Gasteiger partial charge in [-0.15, -0.1) is 11.3 Å². The molecule has 3 fully saturated rings. The molecule has 1 saturated heterocycles. The van der Waals surface area contributed by atoms with Crippen LogP contribution < -0.4 is 10.6 Å². The van der Waals surface area contributed by atoms with Gasteiger partial charge in [-0.25, -0.2) is 18.7 Å². The van der Waals surface area contributed by atoms with Crippen LogP contribution in [-0.4, -0.2) is 64.4 Å². The van der Waals surface area contributed by atoms with Crippen LogP contribution in [0.3, 0.4) is 0 Å². The summed E-state index contributed by atoms with van der Waals surface area (Å²) in [6.45, 7) is 2.48. The first-order valence-corrected chi connectivity index (χ1v) is 14.3. The zero-order valence-electron chi connectivity index (χ0n) is 22.0. The standard InChI is InChI=1S/C27H33F2N5O4S/c1-14-6-5-9-34(14)26(36)21-22(39-25(33-21)24(35)32-17-10-15(11-17)27(37)38-2)19-13-30-20(12-18(19)23(28)29)31-16-7-3-4-8-16/h12-17,23H,3-11H2,1-2H3,(H,30,31)(H,32,35)/t14-,15-,17-/m0/s1.